The van der Waals surface area contributed by atoms with Crippen molar-refractivity contribution in [3.63, 3.8) is 0 Å². The van der Waals surface area contributed by atoms with Crippen molar-refractivity contribution in [2.75, 3.05) is 0 Å². The van der Waals surface area contributed by atoms with Gasteiger partial charge in [-0.05, 0) is 25.1 Å². The monoisotopic (exact) mass is 327 g/mol. The summed E-state index contributed by atoms with van der Waals surface area (Å²) in [5.41, 5.74) is 3.75. The number of benzene rings is 2. The minimum absolute atomic E-state index is 0.0833. The van der Waals surface area contributed by atoms with E-state index < -0.39 is 0 Å². The molecule has 2 aromatic carbocycles. The highest BCUT2D eigenvalue weighted by Gasteiger charge is 2.16. The Morgan fingerprint density at radius 3 is 2.44 bits per heavy atom. The van der Waals surface area contributed by atoms with Gasteiger partial charge in [0.25, 0.3) is 0 Å². The summed E-state index contributed by atoms with van der Waals surface area (Å²) >= 11 is 0. The van der Waals surface area contributed by atoms with Gasteiger partial charge < -0.3 is 0 Å². The van der Waals surface area contributed by atoms with Crippen molar-refractivity contribution in [3.8, 4) is 5.95 Å². The molecule has 0 atom stereocenters. The maximum atomic E-state index is 12.7. The summed E-state index contributed by atoms with van der Waals surface area (Å²) in [5, 5.41) is 1.07. The smallest absolute Gasteiger partial charge is 0.234 e. The van der Waals surface area contributed by atoms with Crippen molar-refractivity contribution in [2.45, 2.75) is 13.3 Å². The van der Waals surface area contributed by atoms with Gasteiger partial charge in [0.1, 0.15) is 0 Å². The molecule has 0 radical (unpaired) electrons. The number of nitrogens with zero attached hydrogens (tertiary/aromatic N) is 3. The van der Waals surface area contributed by atoms with E-state index in [1.54, 1.807) is 18.5 Å². The second-order valence-corrected chi connectivity index (χ2v) is 6.04. The first-order valence-electron chi connectivity index (χ1n) is 8.19. The van der Waals surface area contributed by atoms with Gasteiger partial charge in [0, 0.05) is 29.0 Å². The lowest BCUT2D eigenvalue weighted by Crippen LogP contribution is -2.10. The van der Waals surface area contributed by atoms with Gasteiger partial charge in [-0.2, -0.15) is 0 Å². The molecule has 0 aliphatic heterocycles. The van der Waals surface area contributed by atoms with E-state index in [4.69, 9.17) is 0 Å². The molecule has 0 bridgehead atoms. The summed E-state index contributed by atoms with van der Waals surface area (Å²) in [6.07, 6.45) is 3.72. The third-order valence-corrected chi connectivity index (χ3v) is 4.25. The zero-order valence-corrected chi connectivity index (χ0v) is 13.9. The van der Waals surface area contributed by atoms with Crippen LogP contribution in [0, 0.1) is 6.92 Å². The Labute approximate surface area is 145 Å². The Kier molecular flexibility index (Phi) is 3.86. The van der Waals surface area contributed by atoms with Crippen LogP contribution in [-0.4, -0.2) is 20.3 Å². The molecule has 122 valence electrons. The molecule has 4 heteroatoms. The van der Waals surface area contributed by atoms with E-state index >= 15 is 0 Å². The number of aryl methyl sites for hydroxylation is 1. The Balaban J connectivity index is 1.79. The molecule has 0 aliphatic carbocycles. The minimum Gasteiger partial charge on any atom is -0.294 e. The first-order chi connectivity index (χ1) is 12.2. The lowest BCUT2D eigenvalue weighted by Gasteiger charge is -2.08. The SMILES string of the molecule is Cc1ccc(C(=O)Cc2cc3ccccc3n2-c2ncccn2)cc1. The molecule has 0 unspecified atom stereocenters. The highest BCUT2D eigenvalue weighted by molar-refractivity contribution is 5.98. The highest BCUT2D eigenvalue weighted by Crippen LogP contribution is 2.23. The van der Waals surface area contributed by atoms with Gasteiger partial charge in [0.15, 0.2) is 5.78 Å². The Morgan fingerprint density at radius 2 is 1.68 bits per heavy atom. The van der Waals surface area contributed by atoms with E-state index in [9.17, 15) is 4.79 Å². The second-order valence-electron chi connectivity index (χ2n) is 6.04. The fraction of sp³-hybridized carbons (Fsp3) is 0.0952. The molecule has 0 N–H and O–H groups in total. The zero-order valence-electron chi connectivity index (χ0n) is 13.9. The van der Waals surface area contributed by atoms with Crippen LogP contribution in [0.5, 0.6) is 0 Å². The second kappa shape index (κ2) is 6.32. The summed E-state index contributed by atoms with van der Waals surface area (Å²) in [6.45, 7) is 2.01. The van der Waals surface area contributed by atoms with E-state index in [-0.39, 0.29) is 5.78 Å². The van der Waals surface area contributed by atoms with E-state index in [2.05, 4.69) is 9.97 Å². The van der Waals surface area contributed by atoms with Gasteiger partial charge in [-0.1, -0.05) is 48.0 Å². The molecule has 0 saturated carbocycles. The maximum Gasteiger partial charge on any atom is 0.234 e. The van der Waals surface area contributed by atoms with Gasteiger partial charge in [0.2, 0.25) is 5.95 Å². The van der Waals surface area contributed by atoms with E-state index in [0.717, 1.165) is 27.7 Å². The normalized spacial score (nSPS) is 10.9. The fourth-order valence-corrected chi connectivity index (χ4v) is 2.99. The third kappa shape index (κ3) is 2.94. The van der Waals surface area contributed by atoms with Gasteiger partial charge in [-0.25, -0.2) is 9.97 Å². The van der Waals surface area contributed by atoms with Crippen molar-refractivity contribution in [1.82, 2.24) is 14.5 Å². The van der Waals surface area contributed by atoms with Crippen LogP contribution in [0.25, 0.3) is 16.9 Å². The van der Waals surface area contributed by atoms with Crippen molar-refractivity contribution < 1.29 is 4.79 Å². The molecule has 4 nitrogen and oxygen atoms in total. The Hall–Kier alpha value is -3.27. The van der Waals surface area contributed by atoms with Crippen molar-refractivity contribution in [3.05, 3.63) is 89.9 Å². The molecule has 2 heterocycles. The van der Waals surface area contributed by atoms with Crippen LogP contribution in [0.1, 0.15) is 21.6 Å². The van der Waals surface area contributed by atoms with Crippen LogP contribution in [0.2, 0.25) is 0 Å². The molecule has 4 aromatic rings. The molecule has 2 aromatic heterocycles. The predicted molar refractivity (Wildman–Crippen MR) is 98.1 cm³/mol. The number of Topliss-reactive ketones (excluding diaryl/α,β-unsaturated/α-hetero) is 1. The van der Waals surface area contributed by atoms with E-state index in [1.165, 1.54) is 0 Å². The highest BCUT2D eigenvalue weighted by atomic mass is 16.1. The number of hydrogen-bond acceptors (Lipinski definition) is 3. The lowest BCUT2D eigenvalue weighted by molar-refractivity contribution is 0.0991. The lowest BCUT2D eigenvalue weighted by atomic mass is 10.1. The Morgan fingerprint density at radius 1 is 0.960 bits per heavy atom. The topological polar surface area (TPSA) is 47.8 Å². The first-order valence-corrected chi connectivity index (χ1v) is 8.19. The number of hydrogen-bond donors (Lipinski definition) is 0. The largest absolute Gasteiger partial charge is 0.294 e. The van der Waals surface area contributed by atoms with Gasteiger partial charge >= 0.3 is 0 Å². The summed E-state index contributed by atoms with van der Waals surface area (Å²) < 4.78 is 1.96. The Bertz CT molecular complexity index is 1030. The molecule has 0 saturated heterocycles. The molecule has 0 aliphatic rings. The molecular weight excluding hydrogens is 310 g/mol. The minimum atomic E-state index is 0.0833. The van der Waals surface area contributed by atoms with Crippen molar-refractivity contribution in [2.24, 2.45) is 0 Å². The van der Waals surface area contributed by atoms with Gasteiger partial charge in [0.05, 0.1) is 11.9 Å². The van der Waals surface area contributed by atoms with Gasteiger partial charge in [-0.15, -0.1) is 0 Å². The zero-order chi connectivity index (χ0) is 17.2. The number of para-hydroxylation sites is 1. The van der Waals surface area contributed by atoms with Crippen molar-refractivity contribution >= 4 is 16.7 Å². The summed E-state index contributed by atoms with van der Waals surface area (Å²) in [7, 11) is 0. The third-order valence-electron chi connectivity index (χ3n) is 4.25. The van der Waals surface area contributed by atoms with Gasteiger partial charge in [-0.3, -0.25) is 9.36 Å². The molecule has 0 spiro atoms. The van der Waals surface area contributed by atoms with Crippen LogP contribution in [0.3, 0.4) is 0 Å². The summed E-state index contributed by atoms with van der Waals surface area (Å²) in [6, 6.07) is 19.5. The van der Waals surface area contributed by atoms with Crippen LogP contribution >= 0.6 is 0 Å². The van der Waals surface area contributed by atoms with E-state index in [0.29, 0.717) is 12.4 Å². The summed E-state index contributed by atoms with van der Waals surface area (Å²) in [4.78, 5) is 21.5. The fourth-order valence-electron chi connectivity index (χ4n) is 2.99. The van der Waals surface area contributed by atoms with E-state index in [1.807, 2.05) is 66.1 Å². The number of carbonyl (C=O) groups is 1. The maximum absolute atomic E-state index is 12.7. The molecule has 4 rings (SSSR count). The number of ketones is 1. The number of rotatable bonds is 4. The van der Waals surface area contributed by atoms with Crippen LogP contribution < -0.4 is 0 Å². The molecule has 0 amide bonds. The summed E-state index contributed by atoms with van der Waals surface area (Å²) in [5.74, 6) is 0.662. The first kappa shape index (κ1) is 15.3. The number of carbonyl (C=O) groups excluding carboxylic acids is 1. The number of aromatic nitrogens is 3. The average molecular weight is 327 g/mol. The molecule has 0 fully saturated rings. The molecule has 25 heavy (non-hydrogen) atoms. The van der Waals surface area contributed by atoms with Crippen LogP contribution in [0.15, 0.2) is 73.1 Å². The quantitative estimate of drug-likeness (QED) is 0.529. The molecular formula is C21H17N3O. The predicted octanol–water partition coefficient (Wildman–Crippen LogP) is 4.15. The van der Waals surface area contributed by atoms with Crippen molar-refractivity contribution in [1.29, 1.82) is 0 Å². The average Bonchev–Trinajstić information content (AvgIpc) is 3.00. The standard InChI is InChI=1S/C21H17N3O/c1-15-7-9-16(10-8-15)20(25)14-18-13-17-5-2-3-6-19(17)24(18)21-22-11-4-12-23-21/h2-13H,14H2,1H3. The number of fused-ring (bicyclic) bond motifs is 1. The van der Waals surface area contributed by atoms with Crippen LogP contribution in [0.4, 0.5) is 0 Å². The van der Waals surface area contributed by atoms with Crippen LogP contribution in [-0.2, 0) is 6.42 Å².